The second-order valence-corrected chi connectivity index (χ2v) is 5.07. The van der Waals surface area contributed by atoms with E-state index in [2.05, 4.69) is 0 Å². The maximum absolute atomic E-state index is 13.1. The minimum absolute atomic E-state index is 1.50. The molecule has 0 amide bonds. The molecule has 21 heteroatoms. The SMILES string of the molecule is FC(OC(F)(F)C(F)(F)C(F)(F)C(F)(F)C(F)(F)C(F)(F)C(F)(F)F)=C(F)C(F)(F)F. The molecule has 0 radical (unpaired) electrons. The fourth-order valence-electron chi connectivity index (χ4n) is 1.29. The molecule has 0 rings (SSSR count). The topological polar surface area (TPSA) is 9.23 Å². The van der Waals surface area contributed by atoms with Gasteiger partial charge in [-0.15, -0.1) is 0 Å². The summed E-state index contributed by atoms with van der Waals surface area (Å²) < 4.78 is 251. The van der Waals surface area contributed by atoms with Crippen LogP contribution in [0.3, 0.4) is 0 Å². The van der Waals surface area contributed by atoms with Crippen molar-refractivity contribution in [2.24, 2.45) is 0 Å². The number of hydrogen-bond acceptors (Lipinski definition) is 1. The van der Waals surface area contributed by atoms with E-state index in [1.807, 2.05) is 0 Å². The fraction of sp³-hybridized carbons (Fsp3) is 0.800. The molecule has 0 atom stereocenters. The highest BCUT2D eigenvalue weighted by atomic mass is 19.4. The Kier molecular flexibility index (Phi) is 6.90. The Labute approximate surface area is 154 Å². The molecule has 0 bridgehead atoms. The molecule has 1 nitrogen and oxygen atoms in total. The van der Waals surface area contributed by atoms with Gasteiger partial charge >= 0.3 is 54.1 Å². The van der Waals surface area contributed by atoms with Crippen LogP contribution in [0.4, 0.5) is 87.8 Å². The quantitative estimate of drug-likeness (QED) is 0.262. The van der Waals surface area contributed by atoms with Crippen molar-refractivity contribution in [1.29, 1.82) is 0 Å². The van der Waals surface area contributed by atoms with Crippen LogP contribution in [-0.4, -0.2) is 48.1 Å². The summed E-state index contributed by atoms with van der Waals surface area (Å²) in [5.74, 6) is -47.4. The first kappa shape index (κ1) is 29.1. The molecule has 0 saturated carbocycles. The van der Waals surface area contributed by atoms with Gasteiger partial charge in [0.1, 0.15) is 0 Å². The van der Waals surface area contributed by atoms with E-state index < -0.39 is 59.9 Å². The minimum atomic E-state index is -8.77. The predicted octanol–water partition coefficient (Wildman–Crippen LogP) is 7.01. The summed E-state index contributed by atoms with van der Waals surface area (Å²) in [4.78, 5) is 0. The van der Waals surface area contributed by atoms with Crippen LogP contribution in [0.2, 0.25) is 0 Å². The van der Waals surface area contributed by atoms with Crippen LogP contribution in [0.1, 0.15) is 0 Å². The molecule has 31 heavy (non-hydrogen) atoms. The number of halogens is 20. The first-order valence-electron chi connectivity index (χ1n) is 6.19. The van der Waals surface area contributed by atoms with Gasteiger partial charge in [0.15, 0.2) is 0 Å². The third-order valence-corrected chi connectivity index (χ3v) is 2.94. The second kappa shape index (κ2) is 7.34. The summed E-state index contributed by atoms with van der Waals surface area (Å²) in [5.41, 5.74) is 0. The zero-order chi connectivity index (χ0) is 25.9. The smallest absolute Gasteiger partial charge is 0.399 e. The number of rotatable bonds is 7. The molecule has 0 aliphatic rings. The molecule has 0 aliphatic carbocycles. The van der Waals surface area contributed by atoms with Crippen molar-refractivity contribution >= 4 is 0 Å². The van der Waals surface area contributed by atoms with Crippen LogP contribution in [-0.2, 0) is 4.74 Å². The molecule has 0 spiro atoms. The normalized spacial score (nSPS) is 16.9. The Bertz CT molecular complexity index is 692. The Morgan fingerprint density at radius 1 is 0.419 bits per heavy atom. The van der Waals surface area contributed by atoms with Gasteiger partial charge in [-0.2, -0.15) is 87.8 Å². The predicted molar refractivity (Wildman–Crippen MR) is 52.1 cm³/mol. The third kappa shape index (κ3) is 4.27. The summed E-state index contributed by atoms with van der Waals surface area (Å²) in [6, 6.07) is -4.55. The maximum Gasteiger partial charge on any atom is 0.472 e. The van der Waals surface area contributed by atoms with E-state index >= 15 is 0 Å². The van der Waals surface area contributed by atoms with Gasteiger partial charge in [0, 0.05) is 0 Å². The first-order valence-corrected chi connectivity index (χ1v) is 6.19. The van der Waals surface area contributed by atoms with E-state index in [0.717, 1.165) is 0 Å². The minimum Gasteiger partial charge on any atom is -0.399 e. The van der Waals surface area contributed by atoms with Crippen molar-refractivity contribution in [3.63, 3.8) is 0 Å². The lowest BCUT2D eigenvalue weighted by Crippen LogP contribution is -2.72. The lowest BCUT2D eigenvalue weighted by molar-refractivity contribution is -0.470. The summed E-state index contributed by atoms with van der Waals surface area (Å²) in [6.07, 6.45) is -22.4. The molecule has 0 fully saturated rings. The van der Waals surface area contributed by atoms with E-state index in [1.165, 1.54) is 4.74 Å². The Morgan fingerprint density at radius 2 is 0.710 bits per heavy atom. The van der Waals surface area contributed by atoms with Crippen LogP contribution in [0, 0.1) is 0 Å². The highest BCUT2D eigenvalue weighted by Gasteiger charge is 2.94. The zero-order valence-corrected chi connectivity index (χ0v) is 13.0. The van der Waals surface area contributed by atoms with Gasteiger partial charge in [0.2, 0.25) is 0 Å². The van der Waals surface area contributed by atoms with E-state index in [4.69, 9.17) is 0 Å². The average Bonchev–Trinajstić information content (AvgIpc) is 2.50. The molecule has 0 aliphatic heterocycles. The molecular weight excluding hydrogens is 516 g/mol. The van der Waals surface area contributed by atoms with Crippen molar-refractivity contribution in [2.45, 2.75) is 48.1 Å². The van der Waals surface area contributed by atoms with Crippen LogP contribution in [0.15, 0.2) is 11.8 Å². The lowest BCUT2D eigenvalue weighted by atomic mass is 9.93. The van der Waals surface area contributed by atoms with Crippen molar-refractivity contribution in [2.75, 3.05) is 0 Å². The average molecular weight is 516 g/mol. The van der Waals surface area contributed by atoms with Crippen molar-refractivity contribution in [3.05, 3.63) is 11.8 Å². The van der Waals surface area contributed by atoms with Crippen molar-refractivity contribution in [1.82, 2.24) is 0 Å². The van der Waals surface area contributed by atoms with Crippen LogP contribution in [0.25, 0.3) is 0 Å². The second-order valence-electron chi connectivity index (χ2n) is 5.07. The van der Waals surface area contributed by atoms with Gasteiger partial charge in [0.05, 0.1) is 0 Å². The molecule has 0 N–H and O–H groups in total. The molecule has 0 unspecified atom stereocenters. The Hall–Kier alpha value is -1.86. The summed E-state index contributed by atoms with van der Waals surface area (Å²) in [7, 11) is 0. The van der Waals surface area contributed by atoms with Crippen molar-refractivity contribution < 1.29 is 92.5 Å². The zero-order valence-electron chi connectivity index (χ0n) is 13.0. The molecule has 0 aromatic heterocycles. The standard InChI is InChI=1S/C10F20O/c11-1(3(13,14)15)2(12)31-10(29,30)8(24,25)6(20,21)4(16,17)5(18,19)7(22,23)9(26,27)28. The molecule has 0 aromatic rings. The fourth-order valence-corrected chi connectivity index (χ4v) is 1.29. The molecule has 186 valence electrons. The highest BCUT2D eigenvalue weighted by molar-refractivity contribution is 5.12. The molecule has 0 heterocycles. The first-order chi connectivity index (χ1) is 13.0. The third-order valence-electron chi connectivity index (χ3n) is 2.94. The van der Waals surface area contributed by atoms with Crippen LogP contribution >= 0.6 is 0 Å². The number of ether oxygens (including phenoxy) is 1. The summed E-state index contributed by atoms with van der Waals surface area (Å²) in [6.45, 7) is 0. The van der Waals surface area contributed by atoms with E-state index in [1.54, 1.807) is 0 Å². The monoisotopic (exact) mass is 516 g/mol. The van der Waals surface area contributed by atoms with Crippen LogP contribution < -0.4 is 0 Å². The Morgan fingerprint density at radius 3 is 1.00 bits per heavy atom. The van der Waals surface area contributed by atoms with Crippen LogP contribution in [0.5, 0.6) is 0 Å². The lowest BCUT2D eigenvalue weighted by Gasteiger charge is -2.40. The number of allylic oxidation sites excluding steroid dienone is 1. The molecule has 0 aromatic carbocycles. The van der Waals surface area contributed by atoms with E-state index in [9.17, 15) is 87.8 Å². The maximum atomic E-state index is 13.1. The van der Waals surface area contributed by atoms with Gasteiger partial charge in [-0.05, 0) is 0 Å². The van der Waals surface area contributed by atoms with Gasteiger partial charge in [-0.25, -0.2) is 0 Å². The number of alkyl halides is 18. The molecule has 0 saturated heterocycles. The highest BCUT2D eigenvalue weighted by Crippen LogP contribution is 2.62. The van der Waals surface area contributed by atoms with Gasteiger partial charge < -0.3 is 4.74 Å². The molecular formula is C10F20O. The summed E-state index contributed by atoms with van der Waals surface area (Å²) in [5, 5.41) is 0. The van der Waals surface area contributed by atoms with Gasteiger partial charge in [-0.3, -0.25) is 0 Å². The van der Waals surface area contributed by atoms with E-state index in [0.29, 0.717) is 0 Å². The van der Waals surface area contributed by atoms with Crippen molar-refractivity contribution in [3.8, 4) is 0 Å². The Balaban J connectivity index is 6.58. The summed E-state index contributed by atoms with van der Waals surface area (Å²) >= 11 is 0. The van der Waals surface area contributed by atoms with Gasteiger partial charge in [-0.1, -0.05) is 0 Å². The number of hydrogen-bond donors (Lipinski definition) is 0. The van der Waals surface area contributed by atoms with Gasteiger partial charge in [0.25, 0.3) is 5.83 Å². The van der Waals surface area contributed by atoms with E-state index in [-0.39, 0.29) is 0 Å². The largest absolute Gasteiger partial charge is 0.472 e.